The number of rotatable bonds is 5. The van der Waals surface area contributed by atoms with E-state index in [-0.39, 0.29) is 5.91 Å². The molecule has 1 amide bonds. The summed E-state index contributed by atoms with van der Waals surface area (Å²) in [7, 11) is 0. The van der Waals surface area contributed by atoms with E-state index in [1.165, 1.54) is 0 Å². The molecule has 4 N–H and O–H groups in total. The Kier molecular flexibility index (Phi) is 3.72. The average Bonchev–Trinajstić information content (AvgIpc) is 2.60. The van der Waals surface area contributed by atoms with Crippen LogP contribution in [0.15, 0.2) is 18.2 Å². The Hall–Kier alpha value is -1.75. The molecule has 2 rings (SSSR count). The van der Waals surface area contributed by atoms with Crippen LogP contribution in [0.1, 0.15) is 19.3 Å². The first-order valence-electron chi connectivity index (χ1n) is 5.77. The highest BCUT2D eigenvalue weighted by Gasteiger charge is 2.08. The van der Waals surface area contributed by atoms with Gasteiger partial charge in [-0.1, -0.05) is 11.6 Å². The van der Waals surface area contributed by atoms with Crippen molar-refractivity contribution < 1.29 is 4.79 Å². The lowest BCUT2D eigenvalue weighted by Gasteiger charge is -2.05. The molecule has 18 heavy (non-hydrogen) atoms. The quantitative estimate of drug-likeness (QED) is 0.811. The number of primary amides is 1. The number of nitrogens with two attached hydrogens (primary N) is 2. The molecule has 5 nitrogen and oxygen atoms in total. The van der Waals surface area contributed by atoms with Gasteiger partial charge >= 0.3 is 0 Å². The van der Waals surface area contributed by atoms with Crippen molar-refractivity contribution >= 4 is 34.5 Å². The summed E-state index contributed by atoms with van der Waals surface area (Å²) >= 11 is 5.96. The third-order valence-corrected chi connectivity index (χ3v) is 3.03. The molecular weight excluding hydrogens is 252 g/mol. The summed E-state index contributed by atoms with van der Waals surface area (Å²) in [5.74, 6) is 0.188. The summed E-state index contributed by atoms with van der Waals surface area (Å²) in [6.45, 7) is 0.704. The van der Waals surface area contributed by atoms with Crippen molar-refractivity contribution in [2.45, 2.75) is 25.8 Å². The first-order valence-corrected chi connectivity index (χ1v) is 6.15. The largest absolute Gasteiger partial charge is 0.370 e. The zero-order valence-corrected chi connectivity index (χ0v) is 10.7. The zero-order valence-electron chi connectivity index (χ0n) is 9.90. The van der Waals surface area contributed by atoms with Crippen molar-refractivity contribution in [1.82, 2.24) is 9.55 Å². The second-order valence-corrected chi connectivity index (χ2v) is 4.61. The summed E-state index contributed by atoms with van der Waals surface area (Å²) in [5, 5.41) is 0.654. The van der Waals surface area contributed by atoms with Gasteiger partial charge in [0.1, 0.15) is 0 Å². The molecule has 0 saturated heterocycles. The molecule has 6 heteroatoms. The molecule has 0 unspecified atom stereocenters. The molecule has 0 radical (unpaired) electrons. The number of aryl methyl sites for hydroxylation is 1. The van der Waals surface area contributed by atoms with Gasteiger partial charge in [0.25, 0.3) is 0 Å². The number of benzene rings is 1. The Balaban J connectivity index is 2.14. The molecule has 0 aliphatic rings. The van der Waals surface area contributed by atoms with Gasteiger partial charge in [0.15, 0.2) is 0 Å². The third kappa shape index (κ3) is 2.73. The number of aromatic nitrogens is 2. The van der Waals surface area contributed by atoms with Gasteiger partial charge in [-0.2, -0.15) is 0 Å². The molecule has 0 aliphatic heterocycles. The molecule has 0 atom stereocenters. The second-order valence-electron chi connectivity index (χ2n) is 4.18. The molecule has 96 valence electrons. The summed E-state index contributed by atoms with van der Waals surface area (Å²) in [6, 6.07) is 5.47. The SMILES string of the molecule is NC(=O)CCCCn1c(N)nc2ccc(Cl)cc21. The van der Waals surface area contributed by atoms with Gasteiger partial charge in [-0.25, -0.2) is 4.98 Å². The number of nitrogens with zero attached hydrogens (tertiary/aromatic N) is 2. The molecule has 1 aromatic carbocycles. The summed E-state index contributed by atoms with van der Waals surface area (Å²) in [6.07, 6.45) is 1.97. The Morgan fingerprint density at radius 2 is 2.17 bits per heavy atom. The topological polar surface area (TPSA) is 86.9 Å². The van der Waals surface area contributed by atoms with Crippen molar-refractivity contribution in [3.8, 4) is 0 Å². The van der Waals surface area contributed by atoms with Gasteiger partial charge in [0, 0.05) is 18.0 Å². The van der Waals surface area contributed by atoms with E-state index in [1.807, 2.05) is 16.7 Å². The second kappa shape index (κ2) is 5.27. The fraction of sp³-hybridized carbons (Fsp3) is 0.333. The van der Waals surface area contributed by atoms with E-state index in [1.54, 1.807) is 6.07 Å². The molecule has 0 saturated carbocycles. The Morgan fingerprint density at radius 1 is 1.39 bits per heavy atom. The number of unbranched alkanes of at least 4 members (excludes halogenated alkanes) is 1. The van der Waals surface area contributed by atoms with Gasteiger partial charge < -0.3 is 16.0 Å². The predicted octanol–water partition coefficient (Wildman–Crippen LogP) is 1.93. The number of hydrogen-bond donors (Lipinski definition) is 2. The number of amides is 1. The van der Waals surface area contributed by atoms with Gasteiger partial charge in [0.2, 0.25) is 11.9 Å². The van der Waals surface area contributed by atoms with E-state index in [4.69, 9.17) is 23.1 Å². The minimum atomic E-state index is -0.276. The van der Waals surface area contributed by atoms with Crippen LogP contribution in [0.25, 0.3) is 11.0 Å². The van der Waals surface area contributed by atoms with Crippen LogP contribution in [0.3, 0.4) is 0 Å². The Bertz CT molecular complexity index is 579. The lowest BCUT2D eigenvalue weighted by Crippen LogP contribution is -2.10. The van der Waals surface area contributed by atoms with E-state index in [2.05, 4.69) is 4.98 Å². The van der Waals surface area contributed by atoms with Crippen LogP contribution in [0.4, 0.5) is 5.95 Å². The lowest BCUT2D eigenvalue weighted by molar-refractivity contribution is -0.118. The normalized spacial score (nSPS) is 10.9. The van der Waals surface area contributed by atoms with Crippen LogP contribution < -0.4 is 11.5 Å². The van der Waals surface area contributed by atoms with E-state index in [9.17, 15) is 4.79 Å². The third-order valence-electron chi connectivity index (χ3n) is 2.79. The van der Waals surface area contributed by atoms with Gasteiger partial charge in [0.05, 0.1) is 11.0 Å². The summed E-state index contributed by atoms with van der Waals surface area (Å²) in [5.41, 5.74) is 12.7. The standard InChI is InChI=1S/C12H15ClN4O/c13-8-4-5-9-10(7-8)17(12(15)16-9)6-2-1-3-11(14)18/h4-5,7H,1-3,6H2,(H2,14,18)(H2,15,16). The van der Waals surface area contributed by atoms with Crippen LogP contribution >= 0.6 is 11.6 Å². The van der Waals surface area contributed by atoms with Crippen molar-refractivity contribution in [3.63, 3.8) is 0 Å². The number of fused-ring (bicyclic) bond motifs is 1. The van der Waals surface area contributed by atoms with Crippen molar-refractivity contribution in [1.29, 1.82) is 0 Å². The number of halogens is 1. The van der Waals surface area contributed by atoms with Crippen LogP contribution in [0.5, 0.6) is 0 Å². The smallest absolute Gasteiger partial charge is 0.217 e. The lowest BCUT2D eigenvalue weighted by atomic mass is 10.2. The maximum absolute atomic E-state index is 10.6. The summed E-state index contributed by atoms with van der Waals surface area (Å²) in [4.78, 5) is 14.9. The number of nitrogen functional groups attached to an aromatic ring is 1. The molecule has 0 aliphatic carbocycles. The predicted molar refractivity (Wildman–Crippen MR) is 72.2 cm³/mol. The number of anilines is 1. The zero-order chi connectivity index (χ0) is 13.1. The number of carbonyl (C=O) groups is 1. The van der Waals surface area contributed by atoms with E-state index in [0.717, 1.165) is 23.9 Å². The van der Waals surface area contributed by atoms with Crippen LogP contribution in [0.2, 0.25) is 5.02 Å². The Morgan fingerprint density at radius 3 is 2.89 bits per heavy atom. The van der Waals surface area contributed by atoms with Crippen LogP contribution in [-0.2, 0) is 11.3 Å². The van der Waals surface area contributed by atoms with E-state index < -0.39 is 0 Å². The Labute approximate surface area is 110 Å². The molecular formula is C12H15ClN4O. The highest BCUT2D eigenvalue weighted by Crippen LogP contribution is 2.22. The summed E-state index contributed by atoms with van der Waals surface area (Å²) < 4.78 is 1.90. The molecule has 0 fully saturated rings. The van der Waals surface area contributed by atoms with Crippen molar-refractivity contribution in [3.05, 3.63) is 23.2 Å². The number of imidazole rings is 1. The minimum absolute atomic E-state index is 0.276. The van der Waals surface area contributed by atoms with Crippen LogP contribution in [-0.4, -0.2) is 15.5 Å². The molecule has 1 aromatic heterocycles. The van der Waals surface area contributed by atoms with E-state index in [0.29, 0.717) is 23.9 Å². The molecule has 1 heterocycles. The average molecular weight is 267 g/mol. The molecule has 2 aromatic rings. The maximum Gasteiger partial charge on any atom is 0.217 e. The fourth-order valence-electron chi connectivity index (χ4n) is 1.92. The number of hydrogen-bond acceptors (Lipinski definition) is 3. The number of carbonyl (C=O) groups excluding carboxylic acids is 1. The van der Waals surface area contributed by atoms with Gasteiger partial charge in [-0.15, -0.1) is 0 Å². The monoisotopic (exact) mass is 266 g/mol. The van der Waals surface area contributed by atoms with Gasteiger partial charge in [-0.3, -0.25) is 4.79 Å². The van der Waals surface area contributed by atoms with Crippen molar-refractivity contribution in [2.24, 2.45) is 5.73 Å². The first-order chi connectivity index (χ1) is 8.58. The van der Waals surface area contributed by atoms with Crippen LogP contribution in [0, 0.1) is 0 Å². The van der Waals surface area contributed by atoms with Crippen molar-refractivity contribution in [2.75, 3.05) is 5.73 Å². The van der Waals surface area contributed by atoms with E-state index >= 15 is 0 Å². The molecule has 0 bridgehead atoms. The first kappa shape index (κ1) is 12.7. The highest BCUT2D eigenvalue weighted by atomic mass is 35.5. The fourth-order valence-corrected chi connectivity index (χ4v) is 2.08. The minimum Gasteiger partial charge on any atom is -0.370 e. The van der Waals surface area contributed by atoms with Gasteiger partial charge in [-0.05, 0) is 31.0 Å². The molecule has 0 spiro atoms. The maximum atomic E-state index is 10.6. The highest BCUT2D eigenvalue weighted by molar-refractivity contribution is 6.31.